The lowest BCUT2D eigenvalue weighted by Gasteiger charge is -2.15. The van der Waals surface area contributed by atoms with Gasteiger partial charge in [0.15, 0.2) is 11.5 Å². The molecule has 2 aromatic heterocycles. The van der Waals surface area contributed by atoms with Gasteiger partial charge in [0.1, 0.15) is 0 Å². The summed E-state index contributed by atoms with van der Waals surface area (Å²) in [7, 11) is 0. The molecule has 0 aliphatic heterocycles. The van der Waals surface area contributed by atoms with Crippen molar-refractivity contribution in [2.24, 2.45) is 5.92 Å². The Balaban J connectivity index is 0.00000162. The van der Waals surface area contributed by atoms with Crippen LogP contribution in [0.15, 0.2) is 24.4 Å². The highest BCUT2D eigenvalue weighted by Crippen LogP contribution is 2.12. The van der Waals surface area contributed by atoms with Gasteiger partial charge in [-0.25, -0.2) is 0 Å². The Labute approximate surface area is 126 Å². The van der Waals surface area contributed by atoms with E-state index < -0.39 is 0 Å². The van der Waals surface area contributed by atoms with E-state index in [9.17, 15) is 0 Å². The summed E-state index contributed by atoms with van der Waals surface area (Å²) in [6.07, 6.45) is 3.20. The number of nitrogens with zero attached hydrogens (tertiary/aromatic N) is 3. The molecular formula is C13H22Cl2N4. The zero-order chi connectivity index (χ0) is 12.3. The van der Waals surface area contributed by atoms with Gasteiger partial charge in [0.05, 0.1) is 6.04 Å². The number of nitrogens with one attached hydrogen (secondary N) is 1. The first-order chi connectivity index (χ1) is 8.22. The number of pyridine rings is 1. The second-order valence-electron chi connectivity index (χ2n) is 4.63. The molecule has 0 saturated carbocycles. The molecule has 19 heavy (non-hydrogen) atoms. The van der Waals surface area contributed by atoms with E-state index >= 15 is 0 Å². The topological polar surface area (TPSA) is 42.2 Å². The largest absolute Gasteiger partial charge is 0.307 e. The van der Waals surface area contributed by atoms with Crippen LogP contribution in [-0.4, -0.2) is 21.1 Å². The summed E-state index contributed by atoms with van der Waals surface area (Å²) < 4.78 is 2.04. The molecule has 2 rings (SSSR count). The van der Waals surface area contributed by atoms with E-state index in [-0.39, 0.29) is 30.9 Å². The first kappa shape index (κ1) is 18.2. The van der Waals surface area contributed by atoms with Crippen molar-refractivity contribution in [1.29, 1.82) is 0 Å². The average Bonchev–Trinajstić information content (AvgIpc) is 2.79. The second kappa shape index (κ2) is 8.35. The summed E-state index contributed by atoms with van der Waals surface area (Å²) >= 11 is 0. The normalized spacial score (nSPS) is 13.4. The molecule has 0 bridgehead atoms. The fraction of sp³-hybridized carbons (Fsp3) is 0.538. The van der Waals surface area contributed by atoms with Gasteiger partial charge < -0.3 is 5.32 Å². The Bertz CT molecular complexity index is 486. The van der Waals surface area contributed by atoms with E-state index in [2.05, 4.69) is 36.3 Å². The lowest BCUT2D eigenvalue weighted by Crippen LogP contribution is -2.25. The Morgan fingerprint density at radius 3 is 2.63 bits per heavy atom. The monoisotopic (exact) mass is 304 g/mol. The molecule has 0 aromatic carbocycles. The predicted molar refractivity (Wildman–Crippen MR) is 83.4 cm³/mol. The summed E-state index contributed by atoms with van der Waals surface area (Å²) in [6.45, 7) is 7.61. The van der Waals surface area contributed by atoms with E-state index in [1.165, 1.54) is 6.42 Å². The van der Waals surface area contributed by atoms with E-state index in [1.54, 1.807) is 0 Å². The van der Waals surface area contributed by atoms with Gasteiger partial charge in [-0.1, -0.05) is 26.3 Å². The molecular weight excluding hydrogens is 283 g/mol. The summed E-state index contributed by atoms with van der Waals surface area (Å²) in [4.78, 5) is 0. The van der Waals surface area contributed by atoms with Crippen molar-refractivity contribution in [2.75, 3.05) is 6.54 Å². The number of rotatable bonds is 5. The second-order valence-corrected chi connectivity index (χ2v) is 4.63. The maximum absolute atomic E-state index is 4.25. The predicted octanol–water partition coefficient (Wildman–Crippen LogP) is 3.27. The molecule has 2 unspecified atom stereocenters. The smallest absolute Gasteiger partial charge is 0.160 e. The van der Waals surface area contributed by atoms with E-state index in [4.69, 9.17) is 0 Å². The highest BCUT2D eigenvalue weighted by molar-refractivity contribution is 5.85. The fourth-order valence-electron chi connectivity index (χ4n) is 1.77. The summed E-state index contributed by atoms with van der Waals surface area (Å²) in [5.41, 5.74) is 0.902. The van der Waals surface area contributed by atoms with Crippen molar-refractivity contribution in [3.05, 3.63) is 30.2 Å². The van der Waals surface area contributed by atoms with E-state index in [0.717, 1.165) is 18.0 Å². The van der Waals surface area contributed by atoms with E-state index in [1.807, 2.05) is 28.8 Å². The zero-order valence-corrected chi connectivity index (χ0v) is 13.2. The van der Waals surface area contributed by atoms with Crippen molar-refractivity contribution in [2.45, 2.75) is 33.2 Å². The van der Waals surface area contributed by atoms with Crippen LogP contribution in [0.25, 0.3) is 5.65 Å². The molecule has 0 aliphatic carbocycles. The molecule has 4 nitrogen and oxygen atoms in total. The highest BCUT2D eigenvalue weighted by Gasteiger charge is 2.13. The summed E-state index contributed by atoms with van der Waals surface area (Å²) in [6, 6.07) is 6.17. The molecule has 0 spiro atoms. The van der Waals surface area contributed by atoms with Crippen molar-refractivity contribution in [3.63, 3.8) is 0 Å². The molecule has 2 atom stereocenters. The first-order valence-electron chi connectivity index (χ1n) is 6.25. The molecule has 6 heteroatoms. The minimum Gasteiger partial charge on any atom is -0.307 e. The van der Waals surface area contributed by atoms with Crippen LogP contribution in [0.1, 0.15) is 39.1 Å². The van der Waals surface area contributed by atoms with Gasteiger partial charge in [0, 0.05) is 6.20 Å². The summed E-state index contributed by atoms with van der Waals surface area (Å²) in [5.74, 6) is 1.67. The van der Waals surface area contributed by atoms with Gasteiger partial charge in [0.2, 0.25) is 0 Å². The zero-order valence-electron chi connectivity index (χ0n) is 11.5. The van der Waals surface area contributed by atoms with Crippen LogP contribution in [0.5, 0.6) is 0 Å². The third kappa shape index (κ3) is 4.34. The molecule has 0 aliphatic rings. The van der Waals surface area contributed by atoms with Gasteiger partial charge in [-0.05, 0) is 31.5 Å². The number of fused-ring (bicyclic) bond motifs is 1. The Hall–Kier alpha value is -0.840. The number of hydrogen-bond donors (Lipinski definition) is 1. The lowest BCUT2D eigenvalue weighted by atomic mass is 10.1. The van der Waals surface area contributed by atoms with Gasteiger partial charge >= 0.3 is 0 Å². The SMILES string of the molecule is CCC(C)CNC(C)c1nnc2ccccn12.Cl.Cl. The molecule has 0 amide bonds. The molecule has 0 saturated heterocycles. The minimum atomic E-state index is 0. The quantitative estimate of drug-likeness (QED) is 0.922. The molecule has 0 radical (unpaired) electrons. The average molecular weight is 305 g/mol. The van der Waals surface area contributed by atoms with Gasteiger partial charge in [-0.2, -0.15) is 0 Å². The number of aromatic nitrogens is 3. The maximum Gasteiger partial charge on any atom is 0.160 e. The third-order valence-corrected chi connectivity index (χ3v) is 3.20. The number of hydrogen-bond acceptors (Lipinski definition) is 3. The maximum atomic E-state index is 4.25. The van der Waals surface area contributed by atoms with Gasteiger partial charge in [-0.3, -0.25) is 4.40 Å². The minimum absolute atomic E-state index is 0. The van der Waals surface area contributed by atoms with E-state index in [0.29, 0.717) is 5.92 Å². The van der Waals surface area contributed by atoms with Crippen LogP contribution in [0.3, 0.4) is 0 Å². The summed E-state index contributed by atoms with van der Waals surface area (Å²) in [5, 5.41) is 11.9. The van der Waals surface area contributed by atoms with Crippen LogP contribution < -0.4 is 5.32 Å². The molecule has 0 fully saturated rings. The van der Waals surface area contributed by atoms with Crippen LogP contribution in [0.4, 0.5) is 0 Å². The van der Waals surface area contributed by atoms with Crippen molar-refractivity contribution in [3.8, 4) is 0 Å². The van der Waals surface area contributed by atoms with Crippen molar-refractivity contribution >= 4 is 30.5 Å². The number of halogens is 2. The van der Waals surface area contributed by atoms with Crippen LogP contribution in [0, 0.1) is 5.92 Å². The highest BCUT2D eigenvalue weighted by atomic mass is 35.5. The fourth-order valence-corrected chi connectivity index (χ4v) is 1.77. The van der Waals surface area contributed by atoms with Crippen LogP contribution >= 0.6 is 24.8 Å². The first-order valence-corrected chi connectivity index (χ1v) is 6.25. The Kier molecular flexibility index (Phi) is 7.99. The molecule has 2 heterocycles. The molecule has 108 valence electrons. The van der Waals surface area contributed by atoms with Crippen LogP contribution in [-0.2, 0) is 0 Å². The van der Waals surface area contributed by atoms with Crippen LogP contribution in [0.2, 0.25) is 0 Å². The third-order valence-electron chi connectivity index (χ3n) is 3.20. The van der Waals surface area contributed by atoms with Crippen molar-refractivity contribution < 1.29 is 0 Å². The molecule has 2 aromatic rings. The lowest BCUT2D eigenvalue weighted by molar-refractivity contribution is 0.449. The Morgan fingerprint density at radius 1 is 1.21 bits per heavy atom. The standard InChI is InChI=1S/C13H20N4.2ClH/c1-4-10(2)9-14-11(3)13-16-15-12-7-5-6-8-17(12)13;;/h5-8,10-11,14H,4,9H2,1-3H3;2*1H. The Morgan fingerprint density at radius 2 is 1.95 bits per heavy atom. The van der Waals surface area contributed by atoms with Gasteiger partial charge in [0.25, 0.3) is 0 Å². The van der Waals surface area contributed by atoms with Gasteiger partial charge in [-0.15, -0.1) is 35.0 Å². The van der Waals surface area contributed by atoms with Crippen molar-refractivity contribution in [1.82, 2.24) is 19.9 Å². The molecule has 1 N–H and O–H groups in total.